The molecule has 1 heterocycles. The fourth-order valence-corrected chi connectivity index (χ4v) is 2.06. The van der Waals surface area contributed by atoms with E-state index in [1.54, 1.807) is 12.5 Å². The quantitative estimate of drug-likeness (QED) is 0.889. The van der Waals surface area contributed by atoms with Gasteiger partial charge in [0.05, 0.1) is 12.4 Å². The Morgan fingerprint density at radius 2 is 1.90 bits per heavy atom. The van der Waals surface area contributed by atoms with Crippen molar-refractivity contribution < 1.29 is 5.11 Å². The van der Waals surface area contributed by atoms with Crippen molar-refractivity contribution in [3.05, 3.63) is 48.5 Å². The normalized spacial score (nSPS) is 14.9. The number of imidazole rings is 1. The number of aliphatic hydroxyl groups excluding tert-OH is 1. The molecule has 1 aromatic carbocycles. The van der Waals surface area contributed by atoms with Gasteiger partial charge in [-0.1, -0.05) is 32.9 Å². The maximum Gasteiger partial charge on any atom is 0.0991 e. The van der Waals surface area contributed by atoms with Gasteiger partial charge in [0.1, 0.15) is 0 Å². The zero-order valence-corrected chi connectivity index (χ0v) is 13.2. The highest BCUT2D eigenvalue weighted by atomic mass is 16.3. The summed E-state index contributed by atoms with van der Waals surface area (Å²) in [4.78, 5) is 4.05. The van der Waals surface area contributed by atoms with Crippen LogP contribution in [0.1, 0.15) is 39.3 Å². The minimum Gasteiger partial charge on any atom is -0.391 e. The molecule has 0 aliphatic carbocycles. The maximum atomic E-state index is 10.1. The Balaban J connectivity index is 1.96. The Hall–Kier alpha value is -1.65. The fourth-order valence-electron chi connectivity index (χ4n) is 2.06. The summed E-state index contributed by atoms with van der Waals surface area (Å²) in [6, 6.07) is 8.58. The zero-order valence-electron chi connectivity index (χ0n) is 13.2. The molecule has 21 heavy (non-hydrogen) atoms. The first-order chi connectivity index (χ1) is 9.88. The molecule has 0 saturated carbocycles. The molecule has 4 nitrogen and oxygen atoms in total. The Morgan fingerprint density at radius 1 is 1.24 bits per heavy atom. The molecule has 0 aliphatic heterocycles. The Labute approximate surface area is 126 Å². The van der Waals surface area contributed by atoms with E-state index >= 15 is 0 Å². The molecule has 2 rings (SSSR count). The van der Waals surface area contributed by atoms with Gasteiger partial charge in [-0.2, -0.15) is 0 Å². The third-order valence-electron chi connectivity index (χ3n) is 3.81. The molecule has 2 aromatic rings. The predicted molar refractivity (Wildman–Crippen MR) is 85.4 cm³/mol. The van der Waals surface area contributed by atoms with E-state index in [-0.39, 0.29) is 17.6 Å². The average molecular weight is 287 g/mol. The molecular weight excluding hydrogens is 262 g/mol. The lowest BCUT2D eigenvalue weighted by Gasteiger charge is -2.27. The molecule has 114 valence electrons. The van der Waals surface area contributed by atoms with Gasteiger partial charge in [0.15, 0.2) is 0 Å². The van der Waals surface area contributed by atoms with Gasteiger partial charge in [0.2, 0.25) is 0 Å². The van der Waals surface area contributed by atoms with E-state index in [0.717, 1.165) is 5.69 Å². The molecular formula is C17H25N3O. The first-order valence-corrected chi connectivity index (χ1v) is 7.37. The molecule has 2 atom stereocenters. The number of hydrogen-bond acceptors (Lipinski definition) is 3. The van der Waals surface area contributed by atoms with Crippen LogP contribution in [0.25, 0.3) is 5.69 Å². The molecule has 0 fully saturated rings. The predicted octanol–water partition coefficient (Wildman–Crippen LogP) is 2.93. The van der Waals surface area contributed by atoms with Crippen LogP contribution in [0.2, 0.25) is 0 Å². The molecule has 0 amide bonds. The van der Waals surface area contributed by atoms with Crippen molar-refractivity contribution in [3.8, 4) is 5.69 Å². The highest BCUT2D eigenvalue weighted by Gasteiger charge is 2.22. The van der Waals surface area contributed by atoms with Crippen molar-refractivity contribution in [1.82, 2.24) is 14.9 Å². The fraction of sp³-hybridized carbons (Fsp3) is 0.471. The third-order valence-corrected chi connectivity index (χ3v) is 3.81. The second kappa shape index (κ2) is 6.41. The summed E-state index contributed by atoms with van der Waals surface area (Å²) in [6.45, 7) is 8.84. The van der Waals surface area contributed by atoms with Gasteiger partial charge in [0.25, 0.3) is 0 Å². The summed E-state index contributed by atoms with van der Waals surface area (Å²) in [5.74, 6) is 0. The van der Waals surface area contributed by atoms with Gasteiger partial charge in [0, 0.05) is 30.7 Å². The van der Waals surface area contributed by atoms with Crippen LogP contribution in [-0.2, 0) is 0 Å². The van der Waals surface area contributed by atoms with Crippen molar-refractivity contribution in [2.24, 2.45) is 5.41 Å². The van der Waals surface area contributed by atoms with Crippen LogP contribution in [0.3, 0.4) is 0 Å². The number of hydrogen-bond donors (Lipinski definition) is 2. The number of nitrogens with one attached hydrogen (secondary N) is 1. The van der Waals surface area contributed by atoms with E-state index in [0.29, 0.717) is 6.54 Å². The Morgan fingerprint density at radius 3 is 2.43 bits per heavy atom. The van der Waals surface area contributed by atoms with Crippen molar-refractivity contribution in [2.45, 2.75) is 39.8 Å². The van der Waals surface area contributed by atoms with Gasteiger partial charge in [-0.15, -0.1) is 0 Å². The van der Waals surface area contributed by atoms with E-state index in [4.69, 9.17) is 0 Å². The summed E-state index contributed by atoms with van der Waals surface area (Å²) < 4.78 is 1.98. The van der Waals surface area contributed by atoms with Crippen LogP contribution in [0, 0.1) is 5.41 Å². The van der Waals surface area contributed by atoms with E-state index in [1.165, 1.54) is 5.56 Å². The van der Waals surface area contributed by atoms with Gasteiger partial charge in [-0.25, -0.2) is 4.98 Å². The lowest BCUT2D eigenvalue weighted by molar-refractivity contribution is 0.0609. The highest BCUT2D eigenvalue weighted by Crippen LogP contribution is 2.20. The molecule has 4 heteroatoms. The summed E-state index contributed by atoms with van der Waals surface area (Å²) in [7, 11) is 0. The first-order valence-electron chi connectivity index (χ1n) is 7.37. The van der Waals surface area contributed by atoms with Gasteiger partial charge in [-0.3, -0.25) is 0 Å². The lowest BCUT2D eigenvalue weighted by atomic mass is 9.89. The van der Waals surface area contributed by atoms with Gasteiger partial charge in [-0.05, 0) is 30.0 Å². The smallest absolute Gasteiger partial charge is 0.0991 e. The minimum atomic E-state index is -0.356. The molecule has 0 spiro atoms. The number of aromatic nitrogens is 2. The van der Waals surface area contributed by atoms with E-state index in [2.05, 4.69) is 41.5 Å². The number of nitrogens with zero attached hydrogens (tertiary/aromatic N) is 2. The SMILES string of the molecule is CC(NCC(O)C(C)(C)C)c1ccc(-n2ccnc2)cc1. The summed E-state index contributed by atoms with van der Waals surface area (Å²) in [6.07, 6.45) is 5.13. The first kappa shape index (κ1) is 15.7. The molecule has 0 bridgehead atoms. The summed E-state index contributed by atoms with van der Waals surface area (Å²) >= 11 is 0. The van der Waals surface area contributed by atoms with E-state index < -0.39 is 0 Å². The van der Waals surface area contributed by atoms with Crippen molar-refractivity contribution in [1.29, 1.82) is 0 Å². The Kier molecular flexibility index (Phi) is 4.80. The molecule has 2 N–H and O–H groups in total. The van der Waals surface area contributed by atoms with E-state index in [1.807, 2.05) is 31.5 Å². The van der Waals surface area contributed by atoms with Crippen molar-refractivity contribution in [2.75, 3.05) is 6.54 Å². The largest absolute Gasteiger partial charge is 0.391 e. The van der Waals surface area contributed by atoms with Crippen LogP contribution in [0.15, 0.2) is 43.0 Å². The van der Waals surface area contributed by atoms with Crippen LogP contribution in [-0.4, -0.2) is 27.3 Å². The van der Waals surface area contributed by atoms with Crippen LogP contribution >= 0.6 is 0 Å². The molecule has 0 radical (unpaired) electrons. The van der Waals surface area contributed by atoms with Gasteiger partial charge >= 0.3 is 0 Å². The number of benzene rings is 1. The molecule has 0 aliphatic rings. The number of rotatable bonds is 5. The Bertz CT molecular complexity index is 540. The lowest BCUT2D eigenvalue weighted by Crippen LogP contribution is -2.37. The van der Waals surface area contributed by atoms with Gasteiger partial charge < -0.3 is 15.0 Å². The van der Waals surface area contributed by atoms with Crippen LogP contribution in [0.5, 0.6) is 0 Å². The zero-order chi connectivity index (χ0) is 15.5. The van der Waals surface area contributed by atoms with Crippen molar-refractivity contribution in [3.63, 3.8) is 0 Å². The highest BCUT2D eigenvalue weighted by molar-refractivity contribution is 5.35. The molecule has 2 unspecified atom stereocenters. The second-order valence-corrected chi connectivity index (χ2v) is 6.57. The van der Waals surface area contributed by atoms with Crippen LogP contribution in [0.4, 0.5) is 0 Å². The van der Waals surface area contributed by atoms with E-state index in [9.17, 15) is 5.11 Å². The number of aliphatic hydroxyl groups is 1. The monoisotopic (exact) mass is 287 g/mol. The van der Waals surface area contributed by atoms with Crippen molar-refractivity contribution >= 4 is 0 Å². The standard InChI is InChI=1S/C17H25N3O/c1-13(19-11-16(21)17(2,3)4)14-5-7-15(8-6-14)20-10-9-18-12-20/h5-10,12-13,16,19,21H,11H2,1-4H3. The topological polar surface area (TPSA) is 50.1 Å². The summed E-state index contributed by atoms with van der Waals surface area (Å²) in [5.41, 5.74) is 2.20. The third kappa shape index (κ3) is 4.16. The minimum absolute atomic E-state index is 0.0992. The summed E-state index contributed by atoms with van der Waals surface area (Å²) in [5, 5.41) is 13.5. The average Bonchev–Trinajstić information content (AvgIpc) is 2.97. The van der Waals surface area contributed by atoms with Crippen LogP contribution < -0.4 is 5.32 Å². The second-order valence-electron chi connectivity index (χ2n) is 6.57. The maximum absolute atomic E-state index is 10.1. The molecule has 1 aromatic heterocycles. The molecule has 0 saturated heterocycles.